The lowest BCUT2D eigenvalue weighted by Gasteiger charge is -2.10. The second-order valence-electron chi connectivity index (χ2n) is 5.47. The van der Waals surface area contributed by atoms with Crippen LogP contribution in [0.5, 0.6) is 5.75 Å². The zero-order valence-electron chi connectivity index (χ0n) is 13.4. The Kier molecular flexibility index (Phi) is 4.12. The topological polar surface area (TPSA) is 56.2 Å². The van der Waals surface area contributed by atoms with Crippen LogP contribution < -0.4 is 10.1 Å². The number of benzene rings is 2. The fourth-order valence-corrected chi connectivity index (χ4v) is 2.62. The van der Waals surface area contributed by atoms with Crippen LogP contribution in [0.3, 0.4) is 0 Å². The molecule has 0 saturated carbocycles. The second-order valence-corrected chi connectivity index (χ2v) is 5.47. The number of hydrogen-bond donors (Lipinski definition) is 1. The summed E-state index contributed by atoms with van der Waals surface area (Å²) in [6.07, 6.45) is -4.76. The maximum atomic E-state index is 12.4. The maximum absolute atomic E-state index is 12.4. The minimum atomic E-state index is -4.76. The Hall–Kier alpha value is -3.03. The van der Waals surface area contributed by atoms with Gasteiger partial charge in [0.1, 0.15) is 5.75 Å². The third kappa shape index (κ3) is 3.57. The lowest BCUT2D eigenvalue weighted by molar-refractivity contribution is -0.274. The number of anilines is 1. The van der Waals surface area contributed by atoms with Gasteiger partial charge in [-0.1, -0.05) is 12.1 Å². The number of carbonyl (C=O) groups excluding carboxylic acids is 1. The van der Waals surface area contributed by atoms with Crippen LogP contribution in [0.15, 0.2) is 42.5 Å². The van der Waals surface area contributed by atoms with E-state index in [4.69, 9.17) is 0 Å². The normalized spacial score (nSPS) is 11.6. The summed E-state index contributed by atoms with van der Waals surface area (Å²) < 4.78 is 41.5. The monoisotopic (exact) mass is 349 g/mol. The van der Waals surface area contributed by atoms with Gasteiger partial charge in [-0.15, -0.1) is 13.2 Å². The highest BCUT2D eigenvalue weighted by Gasteiger charge is 2.31. The molecule has 0 atom stereocenters. The molecule has 0 unspecified atom stereocenters. The van der Waals surface area contributed by atoms with Crippen LogP contribution in [-0.4, -0.2) is 22.2 Å². The van der Waals surface area contributed by atoms with Gasteiger partial charge in [0.25, 0.3) is 0 Å². The number of nitrogens with one attached hydrogen (secondary N) is 1. The third-order valence-electron chi connectivity index (χ3n) is 3.62. The van der Waals surface area contributed by atoms with Crippen molar-refractivity contribution in [1.82, 2.24) is 9.78 Å². The van der Waals surface area contributed by atoms with Crippen LogP contribution >= 0.6 is 0 Å². The number of fused-ring (bicyclic) bond motifs is 1. The van der Waals surface area contributed by atoms with Crippen LogP contribution in [0, 0.1) is 13.8 Å². The van der Waals surface area contributed by atoms with E-state index in [9.17, 15) is 18.0 Å². The molecule has 0 aliphatic rings. The van der Waals surface area contributed by atoms with Crippen LogP contribution in [0.2, 0.25) is 0 Å². The van der Waals surface area contributed by atoms with E-state index in [-0.39, 0.29) is 5.75 Å². The highest BCUT2D eigenvalue weighted by atomic mass is 19.4. The van der Waals surface area contributed by atoms with Crippen molar-refractivity contribution in [2.75, 3.05) is 5.32 Å². The number of nitrogens with zero attached hydrogens (tertiary/aromatic N) is 2. The molecule has 3 aromatic rings. The van der Waals surface area contributed by atoms with Gasteiger partial charge in [-0.2, -0.15) is 9.78 Å². The quantitative estimate of drug-likeness (QED) is 0.734. The highest BCUT2D eigenvalue weighted by Crippen LogP contribution is 2.25. The molecule has 8 heteroatoms. The Morgan fingerprint density at radius 1 is 1.12 bits per heavy atom. The first-order valence-electron chi connectivity index (χ1n) is 7.37. The Morgan fingerprint density at radius 3 is 2.44 bits per heavy atom. The second kappa shape index (κ2) is 6.12. The zero-order chi connectivity index (χ0) is 18.2. The molecule has 1 N–H and O–H groups in total. The summed E-state index contributed by atoms with van der Waals surface area (Å²) in [6.45, 7) is 3.74. The standard InChI is InChI=1S/C17H14F3N3O2/c1-10-4-3-5-14-15(10)11(2)22-23(14)16(24)21-12-6-8-13(9-7-12)25-17(18,19)20/h3-9H,1-2H3,(H,21,24). The smallest absolute Gasteiger partial charge is 0.406 e. The van der Waals surface area contributed by atoms with Gasteiger partial charge < -0.3 is 10.1 Å². The molecule has 130 valence electrons. The third-order valence-corrected chi connectivity index (χ3v) is 3.62. The maximum Gasteiger partial charge on any atom is 0.573 e. The van der Waals surface area contributed by atoms with Gasteiger partial charge in [0, 0.05) is 11.1 Å². The summed E-state index contributed by atoms with van der Waals surface area (Å²) in [6, 6.07) is 9.92. The Labute approximate surface area is 141 Å². The lowest BCUT2D eigenvalue weighted by Crippen LogP contribution is -2.20. The zero-order valence-corrected chi connectivity index (χ0v) is 13.4. The molecule has 3 rings (SSSR count). The van der Waals surface area contributed by atoms with E-state index in [1.165, 1.54) is 16.8 Å². The molecule has 0 radical (unpaired) electrons. The van der Waals surface area contributed by atoms with Crippen LogP contribution in [0.25, 0.3) is 10.9 Å². The summed E-state index contributed by atoms with van der Waals surface area (Å²) in [7, 11) is 0. The Morgan fingerprint density at radius 2 is 1.80 bits per heavy atom. The van der Waals surface area contributed by atoms with Crippen molar-refractivity contribution in [2.24, 2.45) is 0 Å². The van der Waals surface area contributed by atoms with Crippen LogP contribution in [-0.2, 0) is 0 Å². The number of amides is 1. The average Bonchev–Trinajstić information content (AvgIpc) is 2.86. The summed E-state index contributed by atoms with van der Waals surface area (Å²) in [5.74, 6) is -0.360. The SMILES string of the molecule is Cc1cccc2c1c(C)nn2C(=O)Nc1ccc(OC(F)(F)F)cc1. The Balaban J connectivity index is 1.82. The molecule has 0 spiro atoms. The first kappa shape index (κ1) is 16.8. The minimum Gasteiger partial charge on any atom is -0.406 e. The number of carbonyl (C=O) groups is 1. The molecule has 1 aromatic heterocycles. The predicted molar refractivity (Wildman–Crippen MR) is 86.7 cm³/mol. The van der Waals surface area contributed by atoms with Crippen molar-refractivity contribution in [3.8, 4) is 5.75 Å². The van der Waals surface area contributed by atoms with Gasteiger partial charge in [-0.3, -0.25) is 0 Å². The molecule has 5 nitrogen and oxygen atoms in total. The van der Waals surface area contributed by atoms with E-state index in [1.807, 2.05) is 26.0 Å². The largest absolute Gasteiger partial charge is 0.573 e. The number of rotatable bonds is 2. The Bertz CT molecular complexity index is 931. The number of aryl methyl sites for hydroxylation is 2. The van der Waals surface area contributed by atoms with Gasteiger partial charge in [0.15, 0.2) is 0 Å². The molecule has 0 fully saturated rings. The van der Waals surface area contributed by atoms with Crippen molar-refractivity contribution in [2.45, 2.75) is 20.2 Å². The van der Waals surface area contributed by atoms with Crippen molar-refractivity contribution in [3.05, 3.63) is 53.7 Å². The summed E-state index contributed by atoms with van der Waals surface area (Å²) in [5, 5.41) is 7.74. The van der Waals surface area contributed by atoms with Crippen molar-refractivity contribution >= 4 is 22.6 Å². The van der Waals surface area contributed by atoms with Crippen LogP contribution in [0.1, 0.15) is 11.3 Å². The summed E-state index contributed by atoms with van der Waals surface area (Å²) in [5.41, 5.74) is 2.71. The minimum absolute atomic E-state index is 0.327. The average molecular weight is 349 g/mol. The number of halogens is 3. The molecule has 0 aliphatic carbocycles. The molecule has 1 heterocycles. The number of aromatic nitrogens is 2. The van der Waals surface area contributed by atoms with E-state index < -0.39 is 12.4 Å². The van der Waals surface area contributed by atoms with E-state index >= 15 is 0 Å². The van der Waals surface area contributed by atoms with E-state index in [0.717, 1.165) is 28.8 Å². The fourth-order valence-electron chi connectivity index (χ4n) is 2.62. The lowest BCUT2D eigenvalue weighted by atomic mass is 10.1. The van der Waals surface area contributed by atoms with E-state index in [0.29, 0.717) is 11.2 Å². The molecule has 25 heavy (non-hydrogen) atoms. The van der Waals surface area contributed by atoms with Crippen molar-refractivity contribution in [3.63, 3.8) is 0 Å². The first-order chi connectivity index (χ1) is 11.7. The van der Waals surface area contributed by atoms with E-state index in [2.05, 4.69) is 15.2 Å². The van der Waals surface area contributed by atoms with Crippen molar-refractivity contribution < 1.29 is 22.7 Å². The summed E-state index contributed by atoms with van der Waals surface area (Å²) in [4.78, 5) is 12.4. The van der Waals surface area contributed by atoms with Crippen LogP contribution in [0.4, 0.5) is 23.7 Å². The summed E-state index contributed by atoms with van der Waals surface area (Å²) >= 11 is 0. The molecular weight excluding hydrogens is 335 g/mol. The number of hydrogen-bond acceptors (Lipinski definition) is 3. The molecular formula is C17H14F3N3O2. The van der Waals surface area contributed by atoms with Crippen molar-refractivity contribution in [1.29, 1.82) is 0 Å². The number of ether oxygens (including phenoxy) is 1. The van der Waals surface area contributed by atoms with Gasteiger partial charge in [0.2, 0.25) is 0 Å². The molecule has 1 amide bonds. The van der Waals surface area contributed by atoms with Gasteiger partial charge >= 0.3 is 12.4 Å². The first-order valence-corrected chi connectivity index (χ1v) is 7.37. The number of alkyl halides is 3. The molecule has 0 aliphatic heterocycles. The molecule has 0 bridgehead atoms. The van der Waals surface area contributed by atoms with Gasteiger partial charge in [-0.25, -0.2) is 4.79 Å². The predicted octanol–water partition coefficient (Wildman–Crippen LogP) is 4.63. The molecule has 0 saturated heterocycles. The van der Waals surface area contributed by atoms with Gasteiger partial charge in [-0.05, 0) is 49.7 Å². The molecule has 2 aromatic carbocycles. The van der Waals surface area contributed by atoms with E-state index in [1.54, 1.807) is 6.07 Å². The highest BCUT2D eigenvalue weighted by molar-refractivity contribution is 5.98. The van der Waals surface area contributed by atoms with Gasteiger partial charge in [0.05, 0.1) is 11.2 Å². The fraction of sp³-hybridized carbons (Fsp3) is 0.176.